The normalized spacial score (nSPS) is 18.0. The minimum Gasteiger partial charge on any atom is -0.369 e. The third-order valence-corrected chi connectivity index (χ3v) is 5.98. The number of para-hydroxylation sites is 1. The molecule has 3 rings (SSSR count). The summed E-state index contributed by atoms with van der Waals surface area (Å²) in [4.78, 5) is 15.0. The minimum atomic E-state index is -0.377. The van der Waals surface area contributed by atoms with Crippen molar-refractivity contribution in [1.82, 2.24) is 0 Å². The van der Waals surface area contributed by atoms with Crippen LogP contribution in [0.2, 0.25) is 0 Å². The summed E-state index contributed by atoms with van der Waals surface area (Å²) in [5.74, 6) is 0.0396. The molecule has 1 amide bonds. The summed E-state index contributed by atoms with van der Waals surface area (Å²) in [7, 11) is 2.12. The second kappa shape index (κ2) is 8.13. The topological polar surface area (TPSA) is 56.1 Å². The lowest BCUT2D eigenvalue weighted by Gasteiger charge is -2.45. The van der Waals surface area contributed by atoms with Crippen molar-refractivity contribution < 1.29 is 4.79 Å². The summed E-state index contributed by atoms with van der Waals surface area (Å²) in [5.41, 5.74) is 5.36. The van der Waals surface area contributed by atoms with Gasteiger partial charge in [0.15, 0.2) is 0 Å². The largest absolute Gasteiger partial charge is 0.369 e. The maximum Gasteiger partial charge on any atom is 0.266 e. The van der Waals surface area contributed by atoms with E-state index in [2.05, 4.69) is 56.2 Å². The van der Waals surface area contributed by atoms with Gasteiger partial charge in [0.25, 0.3) is 5.91 Å². The van der Waals surface area contributed by atoms with E-state index in [-0.39, 0.29) is 17.0 Å². The standard InChI is InChI=1S/C25H29N3O/c1-6-19-9-7-8-10-22(19)27-24(29)20(16-26)13-18-11-12-23-21(14-18)17(2)15-25(3,4)28(23)5/h7-14,17H,6,15H2,1-5H3,(H,27,29)/b20-13-/t17-/m1/s1. The fourth-order valence-electron chi connectivity index (χ4n) is 4.14. The van der Waals surface area contributed by atoms with E-state index in [0.29, 0.717) is 5.92 Å². The highest BCUT2D eigenvalue weighted by molar-refractivity contribution is 6.10. The number of fused-ring (bicyclic) bond motifs is 1. The van der Waals surface area contributed by atoms with Crippen molar-refractivity contribution in [2.24, 2.45) is 0 Å². The molecule has 0 spiro atoms. The van der Waals surface area contributed by atoms with Crippen LogP contribution in [0.5, 0.6) is 0 Å². The van der Waals surface area contributed by atoms with Gasteiger partial charge in [0, 0.05) is 24.0 Å². The second-order valence-corrected chi connectivity index (χ2v) is 8.43. The highest BCUT2D eigenvalue weighted by Gasteiger charge is 2.33. The molecule has 1 N–H and O–H groups in total. The molecule has 2 aromatic rings. The van der Waals surface area contributed by atoms with E-state index in [1.165, 1.54) is 11.3 Å². The van der Waals surface area contributed by atoms with Gasteiger partial charge in [0.1, 0.15) is 11.6 Å². The fourth-order valence-corrected chi connectivity index (χ4v) is 4.14. The Morgan fingerprint density at radius 3 is 2.72 bits per heavy atom. The maximum atomic E-state index is 12.7. The fraction of sp³-hybridized carbons (Fsp3) is 0.360. The van der Waals surface area contributed by atoms with Gasteiger partial charge in [-0.15, -0.1) is 0 Å². The molecule has 1 atom stereocenters. The Balaban J connectivity index is 1.89. The number of anilines is 2. The van der Waals surface area contributed by atoms with Gasteiger partial charge in [-0.05, 0) is 73.6 Å². The van der Waals surface area contributed by atoms with Gasteiger partial charge in [-0.2, -0.15) is 5.26 Å². The summed E-state index contributed by atoms with van der Waals surface area (Å²) in [5, 5.41) is 12.5. The molecular formula is C25H29N3O. The predicted molar refractivity (Wildman–Crippen MR) is 120 cm³/mol. The summed E-state index contributed by atoms with van der Waals surface area (Å²) < 4.78 is 0. The number of benzene rings is 2. The van der Waals surface area contributed by atoms with Crippen LogP contribution in [0, 0.1) is 11.3 Å². The SMILES string of the molecule is CCc1ccccc1NC(=O)/C(C#N)=C\c1ccc2c(c1)[C@H](C)CC(C)(C)N2C. The molecule has 0 aliphatic carbocycles. The van der Waals surface area contributed by atoms with E-state index in [1.807, 2.05) is 37.3 Å². The number of carbonyl (C=O) groups is 1. The number of nitriles is 1. The Bertz CT molecular complexity index is 997. The number of hydrogen-bond donors (Lipinski definition) is 1. The van der Waals surface area contributed by atoms with Crippen LogP contribution in [0.25, 0.3) is 6.08 Å². The minimum absolute atomic E-state index is 0.105. The predicted octanol–water partition coefficient (Wildman–Crippen LogP) is 5.52. The third kappa shape index (κ3) is 4.19. The van der Waals surface area contributed by atoms with Gasteiger partial charge in [0.05, 0.1) is 0 Å². The number of aryl methyl sites for hydroxylation is 1. The van der Waals surface area contributed by atoms with Crippen molar-refractivity contribution >= 4 is 23.4 Å². The summed E-state index contributed by atoms with van der Waals surface area (Å²) in [6, 6.07) is 15.9. The van der Waals surface area contributed by atoms with E-state index >= 15 is 0 Å². The van der Waals surface area contributed by atoms with Gasteiger partial charge < -0.3 is 10.2 Å². The zero-order valence-corrected chi connectivity index (χ0v) is 17.9. The van der Waals surface area contributed by atoms with Gasteiger partial charge in [0.2, 0.25) is 0 Å². The molecule has 0 saturated carbocycles. The number of carbonyl (C=O) groups excluding carboxylic acids is 1. The number of amides is 1. The maximum absolute atomic E-state index is 12.7. The van der Waals surface area contributed by atoms with Crippen LogP contribution >= 0.6 is 0 Å². The first-order valence-electron chi connectivity index (χ1n) is 10.2. The first-order chi connectivity index (χ1) is 13.8. The molecule has 0 unspecified atom stereocenters. The van der Waals surface area contributed by atoms with E-state index in [4.69, 9.17) is 0 Å². The first kappa shape index (κ1) is 20.7. The van der Waals surface area contributed by atoms with Crippen LogP contribution < -0.4 is 10.2 Å². The molecule has 1 aliphatic rings. The molecule has 29 heavy (non-hydrogen) atoms. The third-order valence-electron chi connectivity index (χ3n) is 5.98. The molecule has 4 nitrogen and oxygen atoms in total. The lowest BCUT2D eigenvalue weighted by molar-refractivity contribution is -0.112. The number of hydrogen-bond acceptors (Lipinski definition) is 3. The van der Waals surface area contributed by atoms with Crippen molar-refractivity contribution in [3.8, 4) is 6.07 Å². The monoisotopic (exact) mass is 387 g/mol. The Morgan fingerprint density at radius 2 is 2.03 bits per heavy atom. The number of rotatable bonds is 4. The molecule has 0 bridgehead atoms. The molecule has 2 aromatic carbocycles. The lowest BCUT2D eigenvalue weighted by Crippen LogP contribution is -2.45. The average molecular weight is 388 g/mol. The molecule has 0 aromatic heterocycles. The van der Waals surface area contributed by atoms with Crippen molar-refractivity contribution in [2.45, 2.75) is 52.0 Å². The zero-order valence-electron chi connectivity index (χ0n) is 17.9. The van der Waals surface area contributed by atoms with E-state index in [1.54, 1.807) is 6.08 Å². The summed E-state index contributed by atoms with van der Waals surface area (Å²) in [6.45, 7) is 8.79. The molecule has 1 aliphatic heterocycles. The van der Waals surface area contributed by atoms with Gasteiger partial charge in [-0.1, -0.05) is 38.1 Å². The Morgan fingerprint density at radius 1 is 1.31 bits per heavy atom. The van der Waals surface area contributed by atoms with Crippen LogP contribution in [-0.4, -0.2) is 18.5 Å². The van der Waals surface area contributed by atoms with Crippen molar-refractivity contribution in [3.63, 3.8) is 0 Å². The Kier molecular flexibility index (Phi) is 5.79. The van der Waals surface area contributed by atoms with Gasteiger partial charge >= 0.3 is 0 Å². The van der Waals surface area contributed by atoms with Crippen LogP contribution in [0.1, 0.15) is 56.7 Å². The Labute approximate surface area is 173 Å². The molecule has 1 heterocycles. The molecular weight excluding hydrogens is 358 g/mol. The van der Waals surface area contributed by atoms with E-state index in [9.17, 15) is 10.1 Å². The van der Waals surface area contributed by atoms with Gasteiger partial charge in [-0.25, -0.2) is 0 Å². The van der Waals surface area contributed by atoms with Crippen LogP contribution in [0.15, 0.2) is 48.0 Å². The highest BCUT2D eigenvalue weighted by Crippen LogP contribution is 2.42. The van der Waals surface area contributed by atoms with Crippen LogP contribution in [0.4, 0.5) is 11.4 Å². The average Bonchev–Trinajstić information content (AvgIpc) is 2.70. The smallest absolute Gasteiger partial charge is 0.266 e. The van der Waals surface area contributed by atoms with Gasteiger partial charge in [-0.3, -0.25) is 4.79 Å². The zero-order chi connectivity index (χ0) is 21.2. The highest BCUT2D eigenvalue weighted by atomic mass is 16.1. The van der Waals surface area contributed by atoms with E-state index < -0.39 is 0 Å². The van der Waals surface area contributed by atoms with Crippen molar-refractivity contribution in [1.29, 1.82) is 5.26 Å². The number of nitrogens with zero attached hydrogens (tertiary/aromatic N) is 2. The lowest BCUT2D eigenvalue weighted by atomic mass is 9.80. The molecule has 0 saturated heterocycles. The van der Waals surface area contributed by atoms with Crippen LogP contribution in [-0.2, 0) is 11.2 Å². The molecule has 0 radical (unpaired) electrons. The molecule has 0 fully saturated rings. The summed E-state index contributed by atoms with van der Waals surface area (Å²) in [6.07, 6.45) is 3.55. The second-order valence-electron chi connectivity index (χ2n) is 8.43. The van der Waals surface area contributed by atoms with Crippen LogP contribution in [0.3, 0.4) is 0 Å². The van der Waals surface area contributed by atoms with Crippen molar-refractivity contribution in [2.75, 3.05) is 17.3 Å². The first-order valence-corrected chi connectivity index (χ1v) is 10.2. The van der Waals surface area contributed by atoms with E-state index in [0.717, 1.165) is 29.7 Å². The number of nitrogens with one attached hydrogen (secondary N) is 1. The molecule has 150 valence electrons. The van der Waals surface area contributed by atoms with Crippen molar-refractivity contribution in [3.05, 3.63) is 64.7 Å². The molecule has 4 heteroatoms. The summed E-state index contributed by atoms with van der Waals surface area (Å²) >= 11 is 0. The quantitative estimate of drug-likeness (QED) is 0.555. The Hall–Kier alpha value is -3.06.